The first-order chi connectivity index (χ1) is 11.0. The number of hydrogen-bond donors (Lipinski definition) is 0. The van der Waals surface area contributed by atoms with Crippen LogP contribution in [0, 0.1) is 5.82 Å². The molecule has 23 heavy (non-hydrogen) atoms. The zero-order valence-electron chi connectivity index (χ0n) is 12.3. The lowest BCUT2D eigenvalue weighted by atomic mass is 10.1. The van der Waals surface area contributed by atoms with Gasteiger partial charge >= 0.3 is 0 Å². The summed E-state index contributed by atoms with van der Waals surface area (Å²) in [5.41, 5.74) is -0.0663. The van der Waals surface area contributed by atoms with Crippen molar-refractivity contribution in [3.05, 3.63) is 59.8 Å². The lowest BCUT2D eigenvalue weighted by molar-refractivity contribution is 0.0661. The predicted octanol–water partition coefficient (Wildman–Crippen LogP) is 2.25. The molecule has 3 rings (SSSR count). The molecule has 0 unspecified atom stereocenters. The predicted molar refractivity (Wildman–Crippen MR) is 82.0 cm³/mol. The number of hydrogen-bond acceptors (Lipinski definition) is 4. The van der Waals surface area contributed by atoms with Gasteiger partial charge in [0.1, 0.15) is 11.6 Å². The molecule has 1 aromatic carbocycles. The van der Waals surface area contributed by atoms with Gasteiger partial charge in [0, 0.05) is 6.04 Å². The number of rotatable bonds is 4. The lowest BCUT2D eigenvalue weighted by Crippen LogP contribution is -2.40. The molecule has 7 heteroatoms. The number of carbonyl (C=O) groups is 1. The van der Waals surface area contributed by atoms with Gasteiger partial charge in [-0.15, -0.1) is 0 Å². The van der Waals surface area contributed by atoms with E-state index >= 15 is 0 Å². The number of benzene rings is 1. The first kappa shape index (κ1) is 15.7. The van der Waals surface area contributed by atoms with Crippen LogP contribution in [0.3, 0.4) is 0 Å². The molecule has 122 valence electrons. The average molecular weight is 337 g/mol. The Morgan fingerprint density at radius 2 is 2.04 bits per heavy atom. The Hall–Kier alpha value is -2.15. The van der Waals surface area contributed by atoms with Crippen molar-refractivity contribution in [3.63, 3.8) is 0 Å². The Kier molecular flexibility index (Phi) is 4.21. The molecular weight excluding hydrogens is 321 g/mol. The molecule has 0 bridgehead atoms. The second-order valence-corrected chi connectivity index (χ2v) is 7.78. The van der Waals surface area contributed by atoms with Crippen molar-refractivity contribution >= 4 is 15.7 Å². The highest BCUT2D eigenvalue weighted by molar-refractivity contribution is 7.91. The number of furan rings is 1. The van der Waals surface area contributed by atoms with Gasteiger partial charge in [-0.1, -0.05) is 12.1 Å². The third kappa shape index (κ3) is 3.44. The van der Waals surface area contributed by atoms with E-state index in [-0.39, 0.29) is 23.6 Å². The van der Waals surface area contributed by atoms with E-state index in [1.165, 1.54) is 29.4 Å². The zero-order chi connectivity index (χ0) is 16.4. The number of halogens is 1. The largest absolute Gasteiger partial charge is 0.467 e. The highest BCUT2D eigenvalue weighted by Crippen LogP contribution is 2.23. The summed E-state index contributed by atoms with van der Waals surface area (Å²) in [4.78, 5) is 14.1. The van der Waals surface area contributed by atoms with Crippen molar-refractivity contribution in [2.75, 3.05) is 11.5 Å². The molecular formula is C16H16FNO4S. The van der Waals surface area contributed by atoms with Gasteiger partial charge in [-0.05, 0) is 30.7 Å². The van der Waals surface area contributed by atoms with E-state index in [0.29, 0.717) is 12.2 Å². The number of carbonyl (C=O) groups excluding carboxylic acids is 1. The van der Waals surface area contributed by atoms with Crippen LogP contribution >= 0.6 is 0 Å². The van der Waals surface area contributed by atoms with Gasteiger partial charge in [0.2, 0.25) is 0 Å². The molecule has 2 aromatic rings. The van der Waals surface area contributed by atoms with Crippen LogP contribution in [0.5, 0.6) is 0 Å². The van der Waals surface area contributed by atoms with E-state index in [0.717, 1.165) is 0 Å². The van der Waals surface area contributed by atoms with Gasteiger partial charge in [0.15, 0.2) is 9.84 Å². The SMILES string of the molecule is O=C(c1ccccc1F)N(Cc1ccco1)[C@@H]1CCS(=O)(=O)C1. The van der Waals surface area contributed by atoms with Gasteiger partial charge in [-0.3, -0.25) is 4.79 Å². The maximum absolute atomic E-state index is 13.9. The normalized spacial score (nSPS) is 19.6. The zero-order valence-corrected chi connectivity index (χ0v) is 13.1. The lowest BCUT2D eigenvalue weighted by Gasteiger charge is -2.27. The summed E-state index contributed by atoms with van der Waals surface area (Å²) in [5.74, 6) is -0.687. The average Bonchev–Trinajstić information content (AvgIpc) is 3.14. The molecule has 1 amide bonds. The van der Waals surface area contributed by atoms with E-state index < -0.39 is 27.6 Å². The minimum Gasteiger partial charge on any atom is -0.467 e. The van der Waals surface area contributed by atoms with Crippen LogP contribution in [-0.4, -0.2) is 36.8 Å². The molecule has 1 aromatic heterocycles. The summed E-state index contributed by atoms with van der Waals surface area (Å²) in [6.45, 7) is 0.111. The van der Waals surface area contributed by atoms with Crippen LogP contribution in [0.2, 0.25) is 0 Å². The van der Waals surface area contributed by atoms with E-state index in [4.69, 9.17) is 4.42 Å². The van der Waals surface area contributed by atoms with Crippen LogP contribution in [-0.2, 0) is 16.4 Å². The maximum atomic E-state index is 13.9. The molecule has 1 atom stereocenters. The Labute approximate surface area is 133 Å². The Bertz CT molecular complexity index is 801. The number of nitrogens with zero attached hydrogens (tertiary/aromatic N) is 1. The molecule has 1 saturated heterocycles. The molecule has 5 nitrogen and oxygen atoms in total. The molecule has 0 N–H and O–H groups in total. The fourth-order valence-electron chi connectivity index (χ4n) is 2.75. The minimum atomic E-state index is -3.16. The van der Waals surface area contributed by atoms with Crippen LogP contribution < -0.4 is 0 Å². The quantitative estimate of drug-likeness (QED) is 0.858. The Balaban J connectivity index is 1.91. The van der Waals surface area contributed by atoms with Crippen LogP contribution in [0.1, 0.15) is 22.5 Å². The molecule has 0 saturated carbocycles. The van der Waals surface area contributed by atoms with Crippen LogP contribution in [0.15, 0.2) is 47.1 Å². The summed E-state index contributed by atoms with van der Waals surface area (Å²) in [6.07, 6.45) is 1.83. The third-order valence-corrected chi connectivity index (χ3v) is 5.67. The van der Waals surface area contributed by atoms with E-state index in [1.807, 2.05) is 0 Å². The first-order valence-electron chi connectivity index (χ1n) is 7.24. The standard InChI is InChI=1S/C16H16FNO4S/c17-15-6-2-1-5-14(15)16(19)18(10-13-4-3-8-22-13)12-7-9-23(20,21)11-12/h1-6,8,12H,7,9-11H2/t12-/m1/s1. The van der Waals surface area contributed by atoms with Gasteiger partial charge < -0.3 is 9.32 Å². The second-order valence-electron chi connectivity index (χ2n) is 5.55. The fraction of sp³-hybridized carbons (Fsp3) is 0.312. The maximum Gasteiger partial charge on any atom is 0.257 e. The molecule has 1 aliphatic heterocycles. The van der Waals surface area contributed by atoms with Crippen molar-refractivity contribution in [2.45, 2.75) is 19.0 Å². The van der Waals surface area contributed by atoms with Crippen molar-refractivity contribution in [1.82, 2.24) is 4.90 Å². The van der Waals surface area contributed by atoms with E-state index in [2.05, 4.69) is 0 Å². The smallest absolute Gasteiger partial charge is 0.257 e. The fourth-order valence-corrected chi connectivity index (χ4v) is 4.48. The van der Waals surface area contributed by atoms with Gasteiger partial charge in [0.05, 0.1) is 29.9 Å². The summed E-state index contributed by atoms with van der Waals surface area (Å²) in [7, 11) is -3.16. The molecule has 1 aliphatic rings. The van der Waals surface area contributed by atoms with Gasteiger partial charge in [0.25, 0.3) is 5.91 Å². The molecule has 0 radical (unpaired) electrons. The van der Waals surface area contributed by atoms with Crippen molar-refractivity contribution in [3.8, 4) is 0 Å². The number of amides is 1. The molecule has 0 aliphatic carbocycles. The third-order valence-electron chi connectivity index (χ3n) is 3.92. The van der Waals surface area contributed by atoms with Crippen molar-refractivity contribution in [1.29, 1.82) is 0 Å². The summed E-state index contributed by atoms with van der Waals surface area (Å²) < 4.78 is 42.7. The minimum absolute atomic E-state index is 0.0386. The highest BCUT2D eigenvalue weighted by atomic mass is 32.2. The van der Waals surface area contributed by atoms with Gasteiger partial charge in [-0.2, -0.15) is 0 Å². The van der Waals surface area contributed by atoms with Crippen LogP contribution in [0.4, 0.5) is 4.39 Å². The van der Waals surface area contributed by atoms with E-state index in [9.17, 15) is 17.6 Å². The summed E-state index contributed by atoms with van der Waals surface area (Å²) in [6, 6.07) is 8.60. The van der Waals surface area contributed by atoms with E-state index in [1.54, 1.807) is 18.2 Å². The highest BCUT2D eigenvalue weighted by Gasteiger charge is 2.36. The Morgan fingerprint density at radius 3 is 2.65 bits per heavy atom. The van der Waals surface area contributed by atoms with Crippen molar-refractivity contribution in [2.24, 2.45) is 0 Å². The van der Waals surface area contributed by atoms with Crippen molar-refractivity contribution < 1.29 is 22.0 Å². The molecule has 2 heterocycles. The molecule has 0 spiro atoms. The second kappa shape index (κ2) is 6.16. The van der Waals surface area contributed by atoms with Crippen LogP contribution in [0.25, 0.3) is 0 Å². The van der Waals surface area contributed by atoms with Gasteiger partial charge in [-0.25, -0.2) is 12.8 Å². The monoisotopic (exact) mass is 337 g/mol. The Morgan fingerprint density at radius 1 is 1.26 bits per heavy atom. The molecule has 1 fully saturated rings. The number of sulfone groups is 1. The topological polar surface area (TPSA) is 67.6 Å². The summed E-state index contributed by atoms with van der Waals surface area (Å²) >= 11 is 0. The summed E-state index contributed by atoms with van der Waals surface area (Å²) in [5, 5.41) is 0. The first-order valence-corrected chi connectivity index (χ1v) is 9.07.